The second-order valence-electron chi connectivity index (χ2n) is 5.41. The van der Waals surface area contributed by atoms with Crippen molar-refractivity contribution in [1.29, 1.82) is 0 Å². The van der Waals surface area contributed by atoms with E-state index in [1.165, 1.54) is 10.4 Å². The van der Waals surface area contributed by atoms with Crippen LogP contribution in [0.1, 0.15) is 40.3 Å². The van der Waals surface area contributed by atoms with Gasteiger partial charge in [0.15, 0.2) is 0 Å². The van der Waals surface area contributed by atoms with Crippen LogP contribution < -0.4 is 5.32 Å². The van der Waals surface area contributed by atoms with Crippen molar-refractivity contribution < 1.29 is 4.79 Å². The third-order valence-electron chi connectivity index (χ3n) is 4.01. The number of aryl methyl sites for hydroxylation is 1. The van der Waals surface area contributed by atoms with Crippen LogP contribution in [0.25, 0.3) is 0 Å². The van der Waals surface area contributed by atoms with Gasteiger partial charge in [-0.1, -0.05) is 24.3 Å². The number of fused-ring (bicyclic) bond motifs is 1. The average Bonchev–Trinajstić information content (AvgIpc) is 3.01. The number of carbonyl (C=O) groups excluding carboxylic acids is 1. The van der Waals surface area contributed by atoms with Crippen molar-refractivity contribution >= 4 is 28.8 Å². The van der Waals surface area contributed by atoms with Crippen molar-refractivity contribution in [3.63, 3.8) is 0 Å². The lowest BCUT2D eigenvalue weighted by Crippen LogP contribution is -2.30. The molecule has 0 radical (unpaired) electrons. The number of nitrogens with one attached hydrogen (secondary N) is 1. The van der Waals surface area contributed by atoms with E-state index in [0.717, 1.165) is 30.4 Å². The highest BCUT2D eigenvalue weighted by atomic mass is 35.5. The number of amides is 1. The predicted molar refractivity (Wildman–Crippen MR) is 87.8 cm³/mol. The molecule has 1 heterocycles. The molecule has 110 valence electrons. The van der Waals surface area contributed by atoms with Crippen molar-refractivity contribution in [2.24, 2.45) is 0 Å². The van der Waals surface area contributed by atoms with Crippen molar-refractivity contribution in [3.8, 4) is 0 Å². The van der Waals surface area contributed by atoms with E-state index in [4.69, 9.17) is 11.6 Å². The minimum atomic E-state index is 0.0297. The second-order valence-corrected chi connectivity index (χ2v) is 6.68. The molecule has 1 aliphatic carbocycles. The van der Waals surface area contributed by atoms with E-state index in [1.54, 1.807) is 11.3 Å². The van der Waals surface area contributed by atoms with Gasteiger partial charge in [-0.3, -0.25) is 4.79 Å². The number of hydrogen-bond donors (Lipinski definition) is 1. The molecule has 0 fully saturated rings. The van der Waals surface area contributed by atoms with E-state index >= 15 is 0 Å². The van der Waals surface area contributed by atoms with Gasteiger partial charge < -0.3 is 5.32 Å². The fourth-order valence-corrected chi connectivity index (χ4v) is 3.98. The molecule has 1 atom stereocenters. The van der Waals surface area contributed by atoms with Crippen LogP contribution in [0.2, 0.25) is 0 Å². The Labute approximate surface area is 134 Å². The Morgan fingerprint density at radius 3 is 2.76 bits per heavy atom. The Morgan fingerprint density at radius 1 is 1.24 bits per heavy atom. The minimum absolute atomic E-state index is 0.0297. The third kappa shape index (κ3) is 3.30. The first kappa shape index (κ1) is 14.6. The summed E-state index contributed by atoms with van der Waals surface area (Å²) in [5, 5.41) is 5.17. The highest BCUT2D eigenvalue weighted by Crippen LogP contribution is 2.35. The summed E-state index contributed by atoms with van der Waals surface area (Å²) >= 11 is 7.55. The molecule has 3 rings (SSSR count). The molecule has 2 aromatic rings. The van der Waals surface area contributed by atoms with E-state index in [2.05, 4.69) is 16.8 Å². The molecule has 4 heteroatoms. The zero-order valence-corrected chi connectivity index (χ0v) is 13.3. The van der Waals surface area contributed by atoms with Crippen LogP contribution in [0, 0.1) is 0 Å². The lowest BCUT2D eigenvalue weighted by atomic mass is 9.87. The van der Waals surface area contributed by atoms with Crippen molar-refractivity contribution in [2.75, 3.05) is 0 Å². The Morgan fingerprint density at radius 2 is 2.00 bits per heavy atom. The number of benzene rings is 1. The van der Waals surface area contributed by atoms with Crippen molar-refractivity contribution in [1.82, 2.24) is 5.32 Å². The largest absolute Gasteiger partial charge is 0.351 e. The number of rotatable bonds is 4. The fourth-order valence-electron chi connectivity index (χ4n) is 2.82. The van der Waals surface area contributed by atoms with Gasteiger partial charge in [0, 0.05) is 17.3 Å². The Hall–Kier alpha value is -1.32. The fraction of sp³-hybridized carbons (Fsp3) is 0.353. The summed E-state index contributed by atoms with van der Waals surface area (Å²) in [6, 6.07) is 10.2. The number of alkyl halides is 1. The summed E-state index contributed by atoms with van der Waals surface area (Å²) in [5.74, 6) is 0.702. The maximum atomic E-state index is 12.4. The molecular formula is C17H18ClNOS. The molecule has 1 N–H and O–H groups in total. The SMILES string of the molecule is O=C(NCc1ccc(CCl)cc1)C1CCCc2sccc21. The van der Waals surface area contributed by atoms with E-state index in [-0.39, 0.29) is 11.8 Å². The molecule has 2 nitrogen and oxygen atoms in total. The quantitative estimate of drug-likeness (QED) is 0.840. The van der Waals surface area contributed by atoms with Gasteiger partial charge in [0.05, 0.1) is 5.92 Å². The number of hydrogen-bond acceptors (Lipinski definition) is 2. The van der Waals surface area contributed by atoms with E-state index in [1.807, 2.05) is 24.3 Å². The van der Waals surface area contributed by atoms with Crippen molar-refractivity contribution in [2.45, 2.75) is 37.6 Å². The summed E-state index contributed by atoms with van der Waals surface area (Å²) in [7, 11) is 0. The third-order valence-corrected chi connectivity index (χ3v) is 5.32. The van der Waals surface area contributed by atoms with E-state index in [0.29, 0.717) is 12.4 Å². The minimum Gasteiger partial charge on any atom is -0.351 e. The number of thiophene rings is 1. The zero-order valence-electron chi connectivity index (χ0n) is 11.8. The Kier molecular flexibility index (Phi) is 4.61. The summed E-state index contributed by atoms with van der Waals surface area (Å²) in [6.45, 7) is 0.581. The van der Waals surface area contributed by atoms with E-state index in [9.17, 15) is 4.79 Å². The molecule has 0 spiro atoms. The van der Waals surface area contributed by atoms with Gasteiger partial charge in [0.25, 0.3) is 0 Å². The first-order chi connectivity index (χ1) is 10.3. The zero-order chi connectivity index (χ0) is 14.7. The highest BCUT2D eigenvalue weighted by molar-refractivity contribution is 7.10. The Balaban J connectivity index is 1.62. The van der Waals surface area contributed by atoms with Gasteiger partial charge in [-0.05, 0) is 47.4 Å². The van der Waals surface area contributed by atoms with Crippen LogP contribution in [-0.4, -0.2) is 5.91 Å². The number of carbonyl (C=O) groups is 1. The molecule has 0 bridgehead atoms. The monoisotopic (exact) mass is 319 g/mol. The van der Waals surface area contributed by atoms with Gasteiger partial charge in [0.1, 0.15) is 0 Å². The van der Waals surface area contributed by atoms with E-state index < -0.39 is 0 Å². The summed E-state index contributed by atoms with van der Waals surface area (Å²) in [4.78, 5) is 13.8. The van der Waals surface area contributed by atoms with Crippen LogP contribution in [0.3, 0.4) is 0 Å². The van der Waals surface area contributed by atoms with Gasteiger partial charge in [-0.25, -0.2) is 0 Å². The predicted octanol–water partition coefficient (Wildman–Crippen LogP) is 4.22. The van der Waals surface area contributed by atoms with Crippen LogP contribution >= 0.6 is 22.9 Å². The summed E-state index contributed by atoms with van der Waals surface area (Å²) < 4.78 is 0. The average molecular weight is 320 g/mol. The molecule has 0 saturated carbocycles. The van der Waals surface area contributed by atoms with Crippen LogP contribution in [0.4, 0.5) is 0 Å². The Bertz CT molecular complexity index is 620. The van der Waals surface area contributed by atoms with Crippen molar-refractivity contribution in [3.05, 3.63) is 57.3 Å². The normalized spacial score (nSPS) is 17.3. The molecule has 1 amide bonds. The molecule has 21 heavy (non-hydrogen) atoms. The van der Waals surface area contributed by atoms with Crippen LogP contribution in [-0.2, 0) is 23.6 Å². The molecule has 1 aromatic heterocycles. The molecule has 0 saturated heterocycles. The molecule has 1 aromatic carbocycles. The van der Waals surface area contributed by atoms with Crippen LogP contribution in [0.5, 0.6) is 0 Å². The second kappa shape index (κ2) is 6.63. The smallest absolute Gasteiger partial charge is 0.227 e. The van der Waals surface area contributed by atoms with Gasteiger partial charge in [0.2, 0.25) is 5.91 Å². The standard InChI is InChI=1S/C17H18ClNOS/c18-10-12-4-6-13(7-5-12)11-19-17(20)15-2-1-3-16-14(15)8-9-21-16/h4-9,15H,1-3,10-11H2,(H,19,20). The molecular weight excluding hydrogens is 302 g/mol. The lowest BCUT2D eigenvalue weighted by molar-refractivity contribution is -0.123. The van der Waals surface area contributed by atoms with Crippen LogP contribution in [0.15, 0.2) is 35.7 Å². The molecule has 0 aliphatic heterocycles. The highest BCUT2D eigenvalue weighted by Gasteiger charge is 2.26. The maximum Gasteiger partial charge on any atom is 0.227 e. The summed E-state index contributed by atoms with van der Waals surface area (Å²) in [5.41, 5.74) is 3.45. The number of halogens is 1. The van der Waals surface area contributed by atoms with Gasteiger partial charge >= 0.3 is 0 Å². The lowest BCUT2D eigenvalue weighted by Gasteiger charge is -2.21. The first-order valence-corrected chi connectivity index (χ1v) is 8.67. The van der Waals surface area contributed by atoms with Gasteiger partial charge in [-0.15, -0.1) is 22.9 Å². The molecule has 1 unspecified atom stereocenters. The summed E-state index contributed by atoms with van der Waals surface area (Å²) in [6.07, 6.45) is 3.19. The maximum absolute atomic E-state index is 12.4. The first-order valence-electron chi connectivity index (χ1n) is 7.25. The van der Waals surface area contributed by atoms with Gasteiger partial charge in [-0.2, -0.15) is 0 Å². The topological polar surface area (TPSA) is 29.1 Å². The molecule has 1 aliphatic rings.